The van der Waals surface area contributed by atoms with E-state index in [1.54, 1.807) is 6.08 Å². The van der Waals surface area contributed by atoms with Crippen molar-refractivity contribution >= 4 is 6.09 Å². The molecule has 0 spiro atoms. The molecule has 6 rings (SSSR count). The first-order valence-corrected chi connectivity index (χ1v) is 16.8. The van der Waals surface area contributed by atoms with Crippen LogP contribution in [0, 0.1) is 0 Å². The Morgan fingerprint density at radius 2 is 1.70 bits per heavy atom. The van der Waals surface area contributed by atoms with Crippen molar-refractivity contribution in [2.45, 2.75) is 69.8 Å². The van der Waals surface area contributed by atoms with Gasteiger partial charge in [0, 0.05) is 37.7 Å². The van der Waals surface area contributed by atoms with Crippen molar-refractivity contribution in [2.24, 2.45) is 0 Å². The van der Waals surface area contributed by atoms with Gasteiger partial charge in [-0.3, -0.25) is 4.90 Å². The van der Waals surface area contributed by atoms with Gasteiger partial charge in [0.1, 0.15) is 6.61 Å². The minimum absolute atomic E-state index is 0.0293. The zero-order valence-electron chi connectivity index (χ0n) is 26.7. The van der Waals surface area contributed by atoms with E-state index in [0.717, 1.165) is 59.4 Å². The van der Waals surface area contributed by atoms with Crippen molar-refractivity contribution < 1.29 is 24.1 Å². The van der Waals surface area contributed by atoms with Gasteiger partial charge >= 0.3 is 6.09 Å². The molecular weight excluding hydrogens is 578 g/mol. The van der Waals surface area contributed by atoms with Crippen LogP contribution in [0.25, 0.3) is 11.1 Å². The Bertz CT molecular complexity index is 1420. The summed E-state index contributed by atoms with van der Waals surface area (Å²) < 4.78 is 18.4. The van der Waals surface area contributed by atoms with Gasteiger partial charge in [-0.15, -0.1) is 0 Å². The molecule has 3 aliphatic rings. The Hall–Kier alpha value is -3.53. The minimum Gasteiger partial charge on any atom is -0.445 e. The molecule has 3 heterocycles. The highest BCUT2D eigenvalue weighted by Gasteiger charge is 2.36. The number of hydrogen-bond acceptors (Lipinski definition) is 7. The molecular formula is C38H47N3O5. The summed E-state index contributed by atoms with van der Waals surface area (Å²) in [6.07, 6.45) is 6.49. The molecule has 3 aliphatic heterocycles. The molecule has 0 aliphatic carbocycles. The number of benzene rings is 3. The molecule has 0 radical (unpaired) electrons. The summed E-state index contributed by atoms with van der Waals surface area (Å²) in [7, 11) is 0. The number of likely N-dealkylation sites (tertiary alicyclic amines) is 2. The van der Waals surface area contributed by atoms with Crippen LogP contribution in [0.5, 0.6) is 0 Å². The zero-order chi connectivity index (χ0) is 31.7. The van der Waals surface area contributed by atoms with Crippen LogP contribution >= 0.6 is 0 Å². The van der Waals surface area contributed by atoms with E-state index in [4.69, 9.17) is 14.2 Å². The van der Waals surface area contributed by atoms with Gasteiger partial charge < -0.3 is 29.5 Å². The summed E-state index contributed by atoms with van der Waals surface area (Å²) >= 11 is 0. The minimum atomic E-state index is -0.480. The van der Waals surface area contributed by atoms with E-state index in [1.165, 1.54) is 38.8 Å². The Morgan fingerprint density at radius 3 is 2.46 bits per heavy atom. The van der Waals surface area contributed by atoms with Gasteiger partial charge in [-0.2, -0.15) is 0 Å². The van der Waals surface area contributed by atoms with Gasteiger partial charge in [0.05, 0.1) is 18.8 Å². The third kappa shape index (κ3) is 8.43. The molecule has 8 nitrogen and oxygen atoms in total. The van der Waals surface area contributed by atoms with Crippen LogP contribution in [-0.4, -0.2) is 72.5 Å². The first-order chi connectivity index (χ1) is 22.6. The fraction of sp³-hybridized carbons (Fsp3) is 0.447. The summed E-state index contributed by atoms with van der Waals surface area (Å²) in [5, 5.41) is 12.3. The van der Waals surface area contributed by atoms with Crippen molar-refractivity contribution in [2.75, 3.05) is 39.3 Å². The van der Waals surface area contributed by atoms with E-state index >= 15 is 0 Å². The highest BCUT2D eigenvalue weighted by atomic mass is 16.7. The average Bonchev–Trinajstić information content (AvgIpc) is 3.79. The summed E-state index contributed by atoms with van der Waals surface area (Å²) in [5.41, 5.74) is 6.12. The topological polar surface area (TPSA) is 83.5 Å². The number of rotatable bonds is 12. The largest absolute Gasteiger partial charge is 0.445 e. The van der Waals surface area contributed by atoms with Gasteiger partial charge in [0.25, 0.3) is 0 Å². The maximum Gasteiger partial charge on any atom is 0.407 e. The fourth-order valence-electron chi connectivity index (χ4n) is 6.95. The lowest BCUT2D eigenvalue weighted by Crippen LogP contribution is -2.45. The van der Waals surface area contributed by atoms with Crippen molar-refractivity contribution in [1.82, 2.24) is 15.1 Å². The standard InChI is InChI=1S/C38H47N3O5/c1-2-21-44-38(43)39-24-29-7-5-8-33(22-29)30-14-16-32(17-15-30)37-45-35(23-36(46-37)31-12-10-28(27-42)11-13-31)26-41-20-6-9-34(41)25-40-18-3-4-19-40/h2,5,7-8,10-17,22,34-37,42H,1,3-4,6,9,18-21,23-27H2,(H,39,43)/t34-,35-,36+,37+/m0/s1. The molecule has 3 fully saturated rings. The molecule has 2 N–H and O–H groups in total. The fourth-order valence-corrected chi connectivity index (χ4v) is 6.95. The number of nitrogens with zero attached hydrogens (tertiary/aromatic N) is 2. The number of ether oxygens (including phenoxy) is 3. The lowest BCUT2D eigenvalue weighted by Gasteiger charge is -2.39. The van der Waals surface area contributed by atoms with Crippen molar-refractivity contribution in [3.8, 4) is 11.1 Å². The van der Waals surface area contributed by atoms with Gasteiger partial charge in [-0.25, -0.2) is 4.79 Å². The van der Waals surface area contributed by atoms with Crippen molar-refractivity contribution in [3.05, 3.63) is 108 Å². The van der Waals surface area contributed by atoms with E-state index in [2.05, 4.69) is 70.2 Å². The number of carbonyl (C=O) groups is 1. The van der Waals surface area contributed by atoms with Crippen molar-refractivity contribution in [1.29, 1.82) is 0 Å². The molecule has 3 aromatic rings. The number of carbonyl (C=O) groups excluding carboxylic acids is 1. The molecule has 1 amide bonds. The first-order valence-electron chi connectivity index (χ1n) is 16.8. The maximum atomic E-state index is 11.8. The van der Waals surface area contributed by atoms with Crippen LogP contribution in [0.15, 0.2) is 85.5 Å². The normalized spacial score (nSPS) is 23.8. The van der Waals surface area contributed by atoms with E-state index in [9.17, 15) is 9.90 Å². The van der Waals surface area contributed by atoms with E-state index in [1.807, 2.05) is 24.3 Å². The first kappa shape index (κ1) is 32.4. The Morgan fingerprint density at radius 1 is 0.913 bits per heavy atom. The predicted molar refractivity (Wildman–Crippen MR) is 179 cm³/mol. The van der Waals surface area contributed by atoms with Gasteiger partial charge in [0.2, 0.25) is 0 Å². The van der Waals surface area contributed by atoms with Crippen LogP contribution in [0.1, 0.15) is 66.8 Å². The predicted octanol–water partition coefficient (Wildman–Crippen LogP) is 6.36. The molecule has 244 valence electrons. The number of amides is 1. The summed E-state index contributed by atoms with van der Waals surface area (Å²) in [4.78, 5) is 17.1. The van der Waals surface area contributed by atoms with Crippen LogP contribution in [0.2, 0.25) is 0 Å². The van der Waals surface area contributed by atoms with Crippen LogP contribution in [0.4, 0.5) is 4.79 Å². The lowest BCUT2D eigenvalue weighted by molar-refractivity contribution is -0.253. The highest BCUT2D eigenvalue weighted by molar-refractivity contribution is 5.68. The van der Waals surface area contributed by atoms with Crippen LogP contribution < -0.4 is 5.32 Å². The Labute approximate surface area is 273 Å². The molecule has 3 saturated heterocycles. The third-order valence-corrected chi connectivity index (χ3v) is 9.43. The second-order valence-electron chi connectivity index (χ2n) is 12.7. The molecule has 3 aromatic carbocycles. The van der Waals surface area contributed by atoms with E-state index in [0.29, 0.717) is 12.6 Å². The quantitative estimate of drug-likeness (QED) is 0.227. The average molecular weight is 626 g/mol. The summed E-state index contributed by atoms with van der Waals surface area (Å²) in [6.45, 7) is 9.81. The zero-order valence-corrected chi connectivity index (χ0v) is 26.7. The number of aliphatic hydroxyl groups is 1. The second kappa shape index (κ2) is 15.8. The summed E-state index contributed by atoms with van der Waals surface area (Å²) in [5.74, 6) is 0. The monoisotopic (exact) mass is 625 g/mol. The molecule has 4 atom stereocenters. The Kier molecular flexibility index (Phi) is 11.2. The van der Waals surface area contributed by atoms with E-state index < -0.39 is 12.4 Å². The lowest BCUT2D eigenvalue weighted by atomic mass is 9.98. The maximum absolute atomic E-state index is 11.8. The van der Waals surface area contributed by atoms with Crippen LogP contribution in [-0.2, 0) is 27.4 Å². The van der Waals surface area contributed by atoms with Gasteiger partial charge in [0.15, 0.2) is 6.29 Å². The molecule has 8 heteroatoms. The van der Waals surface area contributed by atoms with Crippen molar-refractivity contribution in [3.63, 3.8) is 0 Å². The smallest absolute Gasteiger partial charge is 0.407 e. The van der Waals surface area contributed by atoms with Gasteiger partial charge in [-0.1, -0.05) is 79.4 Å². The number of alkyl carbamates (subject to hydrolysis) is 1. The number of aliphatic hydroxyl groups excluding tert-OH is 1. The molecule has 0 bridgehead atoms. The number of nitrogens with one attached hydrogen (secondary N) is 1. The van der Waals surface area contributed by atoms with Gasteiger partial charge in [-0.05, 0) is 79.2 Å². The second-order valence-corrected chi connectivity index (χ2v) is 12.7. The number of hydrogen-bond donors (Lipinski definition) is 2. The molecule has 0 unspecified atom stereocenters. The highest BCUT2D eigenvalue weighted by Crippen LogP contribution is 2.39. The summed E-state index contributed by atoms with van der Waals surface area (Å²) in [6, 6.07) is 25.2. The SMILES string of the molecule is C=CCOC(=O)NCc1cccc(-c2ccc([C@@H]3O[C@H](CN4CCC[C@H]4CN4CCCC4)C[C@H](c4ccc(CO)cc4)O3)cc2)c1. The van der Waals surface area contributed by atoms with Crippen LogP contribution in [0.3, 0.4) is 0 Å². The van der Waals surface area contributed by atoms with E-state index in [-0.39, 0.29) is 25.4 Å². The molecule has 0 saturated carbocycles. The molecule has 46 heavy (non-hydrogen) atoms. The Balaban J connectivity index is 1.15. The third-order valence-electron chi connectivity index (χ3n) is 9.43. The molecule has 0 aromatic heterocycles.